The monoisotopic (exact) mass is 540 g/mol. The van der Waals surface area contributed by atoms with Crippen LogP contribution in [0.1, 0.15) is 51.5 Å². The number of nitriles is 1. The number of pyridine rings is 1. The van der Waals surface area contributed by atoms with Gasteiger partial charge in [0.1, 0.15) is 12.1 Å². The van der Waals surface area contributed by atoms with Gasteiger partial charge in [-0.2, -0.15) is 5.26 Å². The second-order valence-electron chi connectivity index (χ2n) is 9.20. The molecule has 4 aromatic rings. The van der Waals surface area contributed by atoms with Crippen molar-refractivity contribution in [3.63, 3.8) is 0 Å². The first-order valence-electron chi connectivity index (χ1n) is 11.6. The number of halogens is 1. The van der Waals surface area contributed by atoms with Crippen molar-refractivity contribution in [3.05, 3.63) is 81.2 Å². The summed E-state index contributed by atoms with van der Waals surface area (Å²) in [7, 11) is 1.87. The fourth-order valence-corrected chi connectivity index (χ4v) is 5.33. The predicted molar refractivity (Wildman–Crippen MR) is 137 cm³/mol. The zero-order valence-corrected chi connectivity index (χ0v) is 21.0. The van der Waals surface area contributed by atoms with Gasteiger partial charge < -0.3 is 9.67 Å². The van der Waals surface area contributed by atoms with Crippen LogP contribution in [0.5, 0.6) is 0 Å². The highest BCUT2D eigenvalue weighted by molar-refractivity contribution is 9.10. The van der Waals surface area contributed by atoms with Crippen molar-refractivity contribution in [1.82, 2.24) is 19.7 Å². The molecule has 2 aromatic carbocycles. The predicted octanol–water partition coefficient (Wildman–Crippen LogP) is 4.71. The number of hydrogen-bond donors (Lipinski definition) is 1. The summed E-state index contributed by atoms with van der Waals surface area (Å²) >= 11 is 3.57. The molecule has 0 saturated heterocycles. The van der Waals surface area contributed by atoms with Crippen LogP contribution in [0.3, 0.4) is 0 Å². The van der Waals surface area contributed by atoms with Gasteiger partial charge in [0, 0.05) is 34.3 Å². The number of carbonyl (C=O) groups is 1. The molecule has 36 heavy (non-hydrogen) atoms. The molecular weight excluding hydrogens is 520 g/mol. The molecule has 0 atom stereocenters. The summed E-state index contributed by atoms with van der Waals surface area (Å²) in [5.74, 6) is 1.47. The standard InChI is InChI=1S/C27H21BrN6O2/c1-33-14-30-32-26(33)20-6-15(11-29)2-5-19(20)18-9-24(17-3-4-17)31-25(10-18)34-12-22-21(27(34)36)7-16(13-35)8-23(22)28/h2,5-10,14,17,35H,3-4,12-13H2,1H3. The Bertz CT molecular complexity index is 1580. The maximum absolute atomic E-state index is 13.5. The van der Waals surface area contributed by atoms with Crippen molar-refractivity contribution in [2.75, 3.05) is 4.90 Å². The number of fused-ring (bicyclic) bond motifs is 1. The Kier molecular flexibility index (Phi) is 5.43. The number of carbonyl (C=O) groups excluding carboxylic acids is 1. The topological polar surface area (TPSA) is 108 Å². The summed E-state index contributed by atoms with van der Waals surface area (Å²) in [5.41, 5.74) is 6.22. The van der Waals surface area contributed by atoms with Gasteiger partial charge in [0.05, 0.1) is 24.8 Å². The molecule has 3 heterocycles. The minimum absolute atomic E-state index is 0.137. The molecule has 6 rings (SSSR count). The minimum Gasteiger partial charge on any atom is -0.392 e. The van der Waals surface area contributed by atoms with Gasteiger partial charge in [0.2, 0.25) is 0 Å². The van der Waals surface area contributed by atoms with E-state index in [1.54, 1.807) is 23.4 Å². The van der Waals surface area contributed by atoms with Crippen LogP contribution in [-0.4, -0.2) is 30.8 Å². The van der Waals surface area contributed by atoms with E-state index in [9.17, 15) is 15.2 Å². The number of hydrogen-bond acceptors (Lipinski definition) is 6. The molecule has 178 valence electrons. The Morgan fingerprint density at radius 3 is 2.67 bits per heavy atom. The number of aliphatic hydroxyl groups is 1. The number of benzene rings is 2. The molecule has 0 unspecified atom stereocenters. The Hall–Kier alpha value is -3.87. The average molecular weight is 541 g/mol. The van der Waals surface area contributed by atoms with Crippen LogP contribution >= 0.6 is 15.9 Å². The van der Waals surface area contributed by atoms with E-state index in [1.165, 1.54) is 0 Å². The fraction of sp³-hybridized carbons (Fsp3) is 0.222. The highest BCUT2D eigenvalue weighted by Gasteiger charge is 2.33. The Labute approximate surface area is 216 Å². The van der Waals surface area contributed by atoms with Gasteiger partial charge in [-0.3, -0.25) is 9.69 Å². The summed E-state index contributed by atoms with van der Waals surface area (Å²) in [6.07, 6.45) is 3.77. The second-order valence-corrected chi connectivity index (χ2v) is 10.1. The molecule has 1 N–H and O–H groups in total. The molecule has 1 saturated carbocycles. The number of aliphatic hydroxyl groups excluding tert-OH is 1. The fourth-order valence-electron chi connectivity index (χ4n) is 4.69. The van der Waals surface area contributed by atoms with E-state index in [2.05, 4.69) is 38.3 Å². The van der Waals surface area contributed by atoms with Gasteiger partial charge in [-0.25, -0.2) is 4.98 Å². The van der Waals surface area contributed by atoms with Gasteiger partial charge in [-0.05, 0) is 71.5 Å². The van der Waals surface area contributed by atoms with Crippen LogP contribution in [0.15, 0.2) is 53.3 Å². The van der Waals surface area contributed by atoms with E-state index >= 15 is 0 Å². The zero-order chi connectivity index (χ0) is 25.0. The van der Waals surface area contributed by atoms with Crippen molar-refractivity contribution in [2.24, 2.45) is 7.05 Å². The summed E-state index contributed by atoms with van der Waals surface area (Å²) in [4.78, 5) is 20.1. The number of amides is 1. The van der Waals surface area contributed by atoms with Gasteiger partial charge >= 0.3 is 0 Å². The van der Waals surface area contributed by atoms with Crippen LogP contribution in [0.2, 0.25) is 0 Å². The quantitative estimate of drug-likeness (QED) is 0.392. The first-order valence-corrected chi connectivity index (χ1v) is 12.4. The highest BCUT2D eigenvalue weighted by Crippen LogP contribution is 2.43. The van der Waals surface area contributed by atoms with Crippen LogP contribution in [0.25, 0.3) is 22.5 Å². The van der Waals surface area contributed by atoms with E-state index in [0.29, 0.717) is 40.8 Å². The van der Waals surface area contributed by atoms with E-state index < -0.39 is 0 Å². The lowest BCUT2D eigenvalue weighted by molar-refractivity contribution is 0.0995. The van der Waals surface area contributed by atoms with E-state index in [0.717, 1.165) is 45.3 Å². The molecule has 0 spiro atoms. The third kappa shape index (κ3) is 3.79. The normalized spacial score (nSPS) is 14.7. The second kappa shape index (κ2) is 8.66. The minimum atomic E-state index is -0.138. The molecule has 0 radical (unpaired) electrons. The number of aryl methyl sites for hydroxylation is 1. The molecule has 1 fully saturated rings. The lowest BCUT2D eigenvalue weighted by Gasteiger charge is -2.18. The molecule has 0 bridgehead atoms. The van der Waals surface area contributed by atoms with Crippen LogP contribution in [0.4, 0.5) is 5.82 Å². The Morgan fingerprint density at radius 1 is 1.14 bits per heavy atom. The maximum Gasteiger partial charge on any atom is 0.260 e. The van der Waals surface area contributed by atoms with Gasteiger partial charge in [-0.1, -0.05) is 22.0 Å². The van der Waals surface area contributed by atoms with Crippen molar-refractivity contribution in [2.45, 2.75) is 31.9 Å². The highest BCUT2D eigenvalue weighted by atomic mass is 79.9. The molecule has 9 heteroatoms. The smallest absolute Gasteiger partial charge is 0.260 e. The molecule has 1 aliphatic heterocycles. The summed E-state index contributed by atoms with van der Waals surface area (Å²) < 4.78 is 2.62. The summed E-state index contributed by atoms with van der Waals surface area (Å²) in [6, 6.07) is 15.3. The average Bonchev–Trinajstić information content (AvgIpc) is 3.58. The van der Waals surface area contributed by atoms with E-state index in [1.807, 2.05) is 35.9 Å². The first-order chi connectivity index (χ1) is 17.5. The molecule has 2 aliphatic rings. The largest absolute Gasteiger partial charge is 0.392 e. The summed E-state index contributed by atoms with van der Waals surface area (Å²) in [6.45, 7) is 0.257. The number of nitrogens with zero attached hydrogens (tertiary/aromatic N) is 6. The SMILES string of the molecule is Cn1cnnc1-c1cc(C#N)ccc1-c1cc(C2CC2)nc(N2Cc3c(Br)cc(CO)cc3C2=O)c1. The van der Waals surface area contributed by atoms with Crippen molar-refractivity contribution < 1.29 is 9.90 Å². The molecule has 1 aliphatic carbocycles. The Balaban J connectivity index is 1.49. The summed E-state index contributed by atoms with van der Waals surface area (Å²) in [5, 5.41) is 27.4. The lowest BCUT2D eigenvalue weighted by atomic mass is 9.96. The Morgan fingerprint density at radius 2 is 1.97 bits per heavy atom. The first kappa shape index (κ1) is 22.6. The van der Waals surface area contributed by atoms with Crippen LogP contribution < -0.4 is 4.90 Å². The van der Waals surface area contributed by atoms with Gasteiger partial charge in [0.25, 0.3) is 5.91 Å². The van der Waals surface area contributed by atoms with Gasteiger partial charge in [0.15, 0.2) is 5.82 Å². The third-order valence-electron chi connectivity index (χ3n) is 6.75. The number of anilines is 1. The van der Waals surface area contributed by atoms with Crippen LogP contribution in [-0.2, 0) is 20.2 Å². The van der Waals surface area contributed by atoms with Crippen molar-refractivity contribution in [3.8, 4) is 28.6 Å². The maximum atomic E-state index is 13.5. The number of rotatable bonds is 5. The molecular formula is C27H21BrN6O2. The van der Waals surface area contributed by atoms with Crippen molar-refractivity contribution >= 4 is 27.7 Å². The number of aromatic nitrogens is 4. The van der Waals surface area contributed by atoms with E-state index in [4.69, 9.17) is 4.98 Å². The molecule has 2 aromatic heterocycles. The van der Waals surface area contributed by atoms with E-state index in [-0.39, 0.29) is 12.5 Å². The zero-order valence-electron chi connectivity index (χ0n) is 19.4. The van der Waals surface area contributed by atoms with Crippen molar-refractivity contribution in [1.29, 1.82) is 5.26 Å². The third-order valence-corrected chi connectivity index (χ3v) is 7.45. The molecule has 1 amide bonds. The lowest BCUT2D eigenvalue weighted by Crippen LogP contribution is -2.24. The van der Waals surface area contributed by atoms with Crippen LogP contribution in [0, 0.1) is 11.3 Å². The molecule has 8 nitrogen and oxygen atoms in total. The van der Waals surface area contributed by atoms with Gasteiger partial charge in [-0.15, -0.1) is 10.2 Å².